The van der Waals surface area contributed by atoms with Gasteiger partial charge in [-0.25, -0.2) is 9.97 Å². The van der Waals surface area contributed by atoms with Crippen molar-refractivity contribution in [3.8, 4) is 5.75 Å². The van der Waals surface area contributed by atoms with Gasteiger partial charge in [-0.2, -0.15) is 0 Å². The molecule has 0 unspecified atom stereocenters. The van der Waals surface area contributed by atoms with E-state index in [1.54, 1.807) is 22.7 Å². The summed E-state index contributed by atoms with van der Waals surface area (Å²) in [5.74, 6) is 0.890. The Labute approximate surface area is 141 Å². The van der Waals surface area contributed by atoms with Gasteiger partial charge in [-0.15, -0.1) is 11.3 Å². The molecule has 0 saturated carbocycles. The number of nitrogens with one attached hydrogen (secondary N) is 1. The summed E-state index contributed by atoms with van der Waals surface area (Å²) in [5.41, 5.74) is 2.05. The maximum Gasteiger partial charge on any atom is 0.184 e. The Morgan fingerprint density at radius 1 is 1.00 bits per heavy atom. The Hall–Kier alpha value is -2.18. The van der Waals surface area contributed by atoms with Gasteiger partial charge in [0, 0.05) is 0 Å². The summed E-state index contributed by atoms with van der Waals surface area (Å²) in [6.07, 6.45) is 0. The van der Waals surface area contributed by atoms with Crippen LogP contribution in [0.2, 0.25) is 0 Å². The van der Waals surface area contributed by atoms with E-state index in [0.29, 0.717) is 13.2 Å². The molecule has 4 nitrogen and oxygen atoms in total. The Morgan fingerprint density at radius 3 is 2.74 bits per heavy atom. The number of anilines is 1. The lowest BCUT2D eigenvalue weighted by Gasteiger charge is -2.00. The SMILES string of the molecule is CCOc1ccc2nc(NCc3nc4ccccc4s3)sc2c1. The Bertz CT molecular complexity index is 928. The van der Waals surface area contributed by atoms with Crippen molar-refractivity contribution < 1.29 is 4.74 Å². The molecule has 0 aliphatic heterocycles. The minimum Gasteiger partial charge on any atom is -0.494 e. The first kappa shape index (κ1) is 14.4. The van der Waals surface area contributed by atoms with Crippen molar-refractivity contribution >= 4 is 48.2 Å². The Kier molecular flexibility index (Phi) is 3.85. The fourth-order valence-electron chi connectivity index (χ4n) is 2.38. The second kappa shape index (κ2) is 6.14. The van der Waals surface area contributed by atoms with Gasteiger partial charge in [-0.1, -0.05) is 23.5 Å². The molecule has 0 radical (unpaired) electrons. The maximum absolute atomic E-state index is 5.54. The average molecular weight is 341 g/mol. The van der Waals surface area contributed by atoms with Crippen LogP contribution in [0.5, 0.6) is 5.75 Å². The predicted octanol–water partition coefficient (Wildman–Crippen LogP) is 4.92. The van der Waals surface area contributed by atoms with Gasteiger partial charge in [0.1, 0.15) is 10.8 Å². The van der Waals surface area contributed by atoms with Crippen LogP contribution in [0.15, 0.2) is 42.5 Å². The third-order valence-electron chi connectivity index (χ3n) is 3.40. The molecule has 4 rings (SSSR count). The minimum absolute atomic E-state index is 0.674. The van der Waals surface area contributed by atoms with Gasteiger partial charge in [0.25, 0.3) is 0 Å². The van der Waals surface area contributed by atoms with Crippen molar-refractivity contribution in [2.45, 2.75) is 13.5 Å². The quantitative estimate of drug-likeness (QED) is 0.560. The van der Waals surface area contributed by atoms with Crippen LogP contribution in [-0.4, -0.2) is 16.6 Å². The largest absolute Gasteiger partial charge is 0.494 e. The van der Waals surface area contributed by atoms with Crippen LogP contribution < -0.4 is 10.1 Å². The topological polar surface area (TPSA) is 47.0 Å². The average Bonchev–Trinajstić information content (AvgIpc) is 3.15. The molecule has 2 aromatic heterocycles. The number of nitrogens with zero attached hydrogens (tertiary/aromatic N) is 2. The van der Waals surface area contributed by atoms with E-state index in [0.717, 1.165) is 31.6 Å². The second-order valence-electron chi connectivity index (χ2n) is 5.01. The number of fused-ring (bicyclic) bond motifs is 2. The lowest BCUT2D eigenvalue weighted by Crippen LogP contribution is -1.97. The van der Waals surface area contributed by atoms with Gasteiger partial charge in [0.15, 0.2) is 5.13 Å². The van der Waals surface area contributed by atoms with Gasteiger partial charge < -0.3 is 10.1 Å². The molecule has 6 heteroatoms. The van der Waals surface area contributed by atoms with Crippen molar-refractivity contribution in [2.24, 2.45) is 0 Å². The van der Waals surface area contributed by atoms with Crippen molar-refractivity contribution in [1.29, 1.82) is 0 Å². The zero-order valence-electron chi connectivity index (χ0n) is 12.6. The van der Waals surface area contributed by atoms with E-state index in [-0.39, 0.29) is 0 Å². The third-order valence-corrected chi connectivity index (χ3v) is 5.41. The first-order valence-corrected chi connectivity index (χ1v) is 9.07. The maximum atomic E-state index is 5.54. The van der Waals surface area contributed by atoms with Crippen LogP contribution >= 0.6 is 22.7 Å². The standard InChI is InChI=1S/C17H15N3OS2/c1-2-21-11-7-8-13-15(9-11)23-17(20-13)18-10-16-19-12-5-3-4-6-14(12)22-16/h3-9H,2,10H2,1H3,(H,18,20). The first-order chi connectivity index (χ1) is 11.3. The molecule has 23 heavy (non-hydrogen) atoms. The number of hydrogen-bond acceptors (Lipinski definition) is 6. The number of thiazole rings is 2. The van der Waals surface area contributed by atoms with Gasteiger partial charge in [0.05, 0.1) is 33.6 Å². The molecule has 0 atom stereocenters. The molecule has 2 aromatic carbocycles. The van der Waals surface area contributed by atoms with Gasteiger partial charge in [-0.3, -0.25) is 0 Å². The number of para-hydroxylation sites is 1. The van der Waals surface area contributed by atoms with Crippen molar-refractivity contribution in [3.05, 3.63) is 47.5 Å². The molecule has 0 amide bonds. The molecular formula is C17H15N3OS2. The van der Waals surface area contributed by atoms with E-state index in [2.05, 4.69) is 21.4 Å². The molecule has 0 bridgehead atoms. The molecule has 1 N–H and O–H groups in total. The zero-order valence-corrected chi connectivity index (χ0v) is 14.2. The molecule has 0 spiro atoms. The van der Waals surface area contributed by atoms with Gasteiger partial charge in [-0.05, 0) is 37.3 Å². The lowest BCUT2D eigenvalue weighted by molar-refractivity contribution is 0.341. The van der Waals surface area contributed by atoms with Gasteiger partial charge >= 0.3 is 0 Å². The predicted molar refractivity (Wildman–Crippen MR) is 97.7 cm³/mol. The van der Waals surface area contributed by atoms with E-state index >= 15 is 0 Å². The molecule has 0 fully saturated rings. The molecule has 0 aliphatic carbocycles. The fraction of sp³-hybridized carbons (Fsp3) is 0.176. The molecule has 0 saturated heterocycles. The summed E-state index contributed by atoms with van der Waals surface area (Å²) in [7, 11) is 0. The molecule has 4 aromatic rings. The minimum atomic E-state index is 0.674. The fourth-order valence-corrected chi connectivity index (χ4v) is 4.18. The normalized spacial score (nSPS) is 11.2. The van der Waals surface area contributed by atoms with Crippen molar-refractivity contribution in [1.82, 2.24) is 9.97 Å². The second-order valence-corrected chi connectivity index (χ2v) is 7.16. The lowest BCUT2D eigenvalue weighted by atomic mass is 10.3. The first-order valence-electron chi connectivity index (χ1n) is 7.43. The van der Waals surface area contributed by atoms with E-state index in [9.17, 15) is 0 Å². The summed E-state index contributed by atoms with van der Waals surface area (Å²) in [6.45, 7) is 3.35. The van der Waals surface area contributed by atoms with Crippen LogP contribution in [0.1, 0.15) is 11.9 Å². The Balaban J connectivity index is 1.52. The van der Waals surface area contributed by atoms with Crippen LogP contribution in [0, 0.1) is 0 Å². The van der Waals surface area contributed by atoms with Crippen molar-refractivity contribution in [3.63, 3.8) is 0 Å². The van der Waals surface area contributed by atoms with E-state index < -0.39 is 0 Å². The summed E-state index contributed by atoms with van der Waals surface area (Å²) in [4.78, 5) is 9.24. The monoisotopic (exact) mass is 341 g/mol. The zero-order chi connectivity index (χ0) is 15.6. The van der Waals surface area contributed by atoms with E-state index in [1.807, 2.05) is 43.3 Å². The van der Waals surface area contributed by atoms with E-state index in [1.165, 1.54) is 4.70 Å². The molecule has 0 aliphatic rings. The van der Waals surface area contributed by atoms with Crippen LogP contribution in [0.3, 0.4) is 0 Å². The number of aromatic nitrogens is 2. The molecular weight excluding hydrogens is 326 g/mol. The number of rotatable bonds is 5. The highest BCUT2D eigenvalue weighted by Gasteiger charge is 2.07. The van der Waals surface area contributed by atoms with Crippen LogP contribution in [0.25, 0.3) is 20.4 Å². The van der Waals surface area contributed by atoms with E-state index in [4.69, 9.17) is 4.74 Å². The third kappa shape index (κ3) is 3.00. The smallest absolute Gasteiger partial charge is 0.184 e. The summed E-state index contributed by atoms with van der Waals surface area (Å²) in [6, 6.07) is 14.2. The number of benzene rings is 2. The summed E-state index contributed by atoms with van der Waals surface area (Å²) >= 11 is 3.35. The number of ether oxygens (including phenoxy) is 1. The number of hydrogen-bond donors (Lipinski definition) is 1. The Morgan fingerprint density at radius 2 is 1.87 bits per heavy atom. The highest BCUT2D eigenvalue weighted by Crippen LogP contribution is 2.30. The molecule has 116 valence electrons. The van der Waals surface area contributed by atoms with Gasteiger partial charge in [0.2, 0.25) is 0 Å². The molecule has 2 heterocycles. The summed E-state index contributed by atoms with van der Waals surface area (Å²) < 4.78 is 7.88. The van der Waals surface area contributed by atoms with Crippen LogP contribution in [0.4, 0.5) is 5.13 Å². The van der Waals surface area contributed by atoms with Crippen LogP contribution in [-0.2, 0) is 6.54 Å². The highest BCUT2D eigenvalue weighted by molar-refractivity contribution is 7.22. The summed E-state index contributed by atoms with van der Waals surface area (Å²) in [5, 5.41) is 5.36. The van der Waals surface area contributed by atoms with Crippen molar-refractivity contribution in [2.75, 3.05) is 11.9 Å². The highest BCUT2D eigenvalue weighted by atomic mass is 32.1.